The third kappa shape index (κ3) is 5.13. The highest BCUT2D eigenvalue weighted by atomic mass is 32.1. The molecule has 0 aliphatic carbocycles. The second-order valence-electron chi connectivity index (χ2n) is 4.58. The summed E-state index contributed by atoms with van der Waals surface area (Å²) in [4.78, 5) is 23.4. The predicted octanol–water partition coefficient (Wildman–Crippen LogP) is 3.61. The fraction of sp³-hybridized carbons (Fsp3) is 0.286. The highest BCUT2D eigenvalue weighted by molar-refractivity contribution is 7.15. The van der Waals surface area contributed by atoms with Crippen LogP contribution in [-0.4, -0.2) is 21.9 Å². The van der Waals surface area contributed by atoms with Gasteiger partial charge in [0.1, 0.15) is 5.82 Å². The van der Waals surface area contributed by atoms with Crippen LogP contribution in [0.4, 0.5) is 18.3 Å². The molecule has 0 fully saturated rings. The van der Waals surface area contributed by atoms with Crippen LogP contribution in [-0.2, 0) is 4.79 Å². The maximum atomic E-state index is 12.7. The van der Waals surface area contributed by atoms with Gasteiger partial charge in [-0.2, -0.15) is 0 Å². The molecular weight excluding hydrogens is 331 g/mol. The van der Waals surface area contributed by atoms with Crippen molar-refractivity contribution in [1.29, 1.82) is 0 Å². The van der Waals surface area contributed by atoms with Crippen LogP contribution in [0.25, 0.3) is 0 Å². The molecule has 2 aromatic rings. The molecule has 1 amide bonds. The van der Waals surface area contributed by atoms with Crippen LogP contribution in [0.3, 0.4) is 0 Å². The lowest BCUT2D eigenvalue weighted by atomic mass is 10.1. The molecule has 0 saturated carbocycles. The number of anilines is 1. The number of nitrogens with one attached hydrogen (secondary N) is 1. The lowest BCUT2D eigenvalue weighted by Gasteiger charge is -2.02. The van der Waals surface area contributed by atoms with Gasteiger partial charge in [-0.25, -0.2) is 13.2 Å². The molecular formula is C14H12F3N3O2S. The molecule has 0 aliphatic rings. The highest BCUT2D eigenvalue weighted by Crippen LogP contribution is 2.25. The molecule has 1 aromatic carbocycles. The monoisotopic (exact) mass is 343 g/mol. The first-order valence-electron chi connectivity index (χ1n) is 6.66. The van der Waals surface area contributed by atoms with E-state index in [-0.39, 0.29) is 30.2 Å². The van der Waals surface area contributed by atoms with Gasteiger partial charge in [0.2, 0.25) is 11.0 Å². The van der Waals surface area contributed by atoms with E-state index in [1.807, 2.05) is 0 Å². The van der Waals surface area contributed by atoms with Crippen LogP contribution in [0.1, 0.15) is 41.1 Å². The van der Waals surface area contributed by atoms with E-state index >= 15 is 0 Å². The van der Waals surface area contributed by atoms with Gasteiger partial charge in [0, 0.05) is 18.4 Å². The minimum absolute atomic E-state index is 0.00448. The highest BCUT2D eigenvalue weighted by Gasteiger charge is 2.15. The lowest BCUT2D eigenvalue weighted by molar-refractivity contribution is -0.116. The number of hydrogen-bond donors (Lipinski definition) is 1. The molecule has 0 radical (unpaired) electrons. The summed E-state index contributed by atoms with van der Waals surface area (Å²) in [6.45, 7) is 0. The van der Waals surface area contributed by atoms with Crippen molar-refractivity contribution in [1.82, 2.24) is 10.2 Å². The average Bonchev–Trinajstić information content (AvgIpc) is 2.96. The molecule has 1 N–H and O–H groups in total. The summed E-state index contributed by atoms with van der Waals surface area (Å²) in [5.74, 6) is -1.07. The molecule has 9 heteroatoms. The fourth-order valence-corrected chi connectivity index (χ4v) is 2.36. The molecule has 0 bridgehead atoms. The van der Waals surface area contributed by atoms with Crippen molar-refractivity contribution < 1.29 is 22.8 Å². The van der Waals surface area contributed by atoms with Crippen LogP contribution in [0.2, 0.25) is 0 Å². The van der Waals surface area contributed by atoms with Crippen LogP contribution in [0.15, 0.2) is 24.3 Å². The van der Waals surface area contributed by atoms with Gasteiger partial charge in [0.25, 0.3) is 6.43 Å². The number of ketones is 1. The Hall–Kier alpha value is -2.29. The van der Waals surface area contributed by atoms with E-state index < -0.39 is 23.2 Å². The minimum Gasteiger partial charge on any atom is -0.301 e. The number of halogens is 3. The number of aromatic nitrogens is 2. The van der Waals surface area contributed by atoms with E-state index in [1.165, 1.54) is 24.3 Å². The summed E-state index contributed by atoms with van der Waals surface area (Å²) in [7, 11) is 0. The first-order chi connectivity index (χ1) is 11.0. The van der Waals surface area contributed by atoms with Crippen LogP contribution in [0.5, 0.6) is 0 Å². The third-order valence-corrected chi connectivity index (χ3v) is 3.69. The summed E-state index contributed by atoms with van der Waals surface area (Å²) in [5.41, 5.74) is 0.373. The van der Waals surface area contributed by atoms with E-state index in [2.05, 4.69) is 15.5 Å². The van der Waals surface area contributed by atoms with Crippen molar-refractivity contribution in [3.05, 3.63) is 40.7 Å². The van der Waals surface area contributed by atoms with E-state index in [9.17, 15) is 22.8 Å². The second kappa shape index (κ2) is 7.82. The van der Waals surface area contributed by atoms with Crippen molar-refractivity contribution in [2.75, 3.05) is 5.32 Å². The van der Waals surface area contributed by atoms with Crippen LogP contribution in [0, 0.1) is 5.82 Å². The minimum atomic E-state index is -2.73. The summed E-state index contributed by atoms with van der Waals surface area (Å²) in [6.07, 6.45) is -2.29. The number of nitrogens with zero attached hydrogens (tertiary/aromatic N) is 2. The number of amides is 1. The Kier molecular flexibility index (Phi) is 5.80. The zero-order valence-electron chi connectivity index (χ0n) is 11.8. The van der Waals surface area contributed by atoms with E-state index in [0.717, 1.165) is 0 Å². The molecule has 0 spiro atoms. The summed E-state index contributed by atoms with van der Waals surface area (Å²) in [6, 6.07) is 5.14. The normalized spacial score (nSPS) is 10.8. The van der Waals surface area contributed by atoms with Crippen LogP contribution < -0.4 is 5.32 Å². The molecule has 1 aromatic heterocycles. The van der Waals surface area contributed by atoms with Crippen LogP contribution >= 0.6 is 11.3 Å². The van der Waals surface area contributed by atoms with Gasteiger partial charge >= 0.3 is 0 Å². The molecule has 0 atom stereocenters. The van der Waals surface area contributed by atoms with Gasteiger partial charge in [-0.05, 0) is 30.7 Å². The Morgan fingerprint density at radius 3 is 2.43 bits per heavy atom. The Bertz CT molecular complexity index is 689. The first kappa shape index (κ1) is 17.1. The third-order valence-electron chi connectivity index (χ3n) is 2.85. The standard InChI is InChI=1S/C14H12F3N3O2S/c15-9-6-4-8(5-7-9)10(21)2-1-3-11(22)18-14-20-19-13(23-14)12(16)17/h4-7,12H,1-3H2,(H,18,20,22). The Morgan fingerprint density at radius 1 is 1.13 bits per heavy atom. The first-order valence-corrected chi connectivity index (χ1v) is 7.47. The average molecular weight is 343 g/mol. The topological polar surface area (TPSA) is 72.0 Å². The molecule has 122 valence electrons. The van der Waals surface area contributed by atoms with Crippen molar-refractivity contribution in [2.45, 2.75) is 25.7 Å². The summed E-state index contributed by atoms with van der Waals surface area (Å²) in [5, 5.41) is 8.55. The zero-order valence-corrected chi connectivity index (χ0v) is 12.6. The second-order valence-corrected chi connectivity index (χ2v) is 5.59. The molecule has 23 heavy (non-hydrogen) atoms. The predicted molar refractivity (Wildman–Crippen MR) is 78.1 cm³/mol. The molecule has 5 nitrogen and oxygen atoms in total. The molecule has 0 saturated heterocycles. The number of carbonyl (C=O) groups is 2. The van der Waals surface area contributed by atoms with E-state index in [1.54, 1.807) is 0 Å². The van der Waals surface area contributed by atoms with E-state index in [0.29, 0.717) is 16.9 Å². The van der Waals surface area contributed by atoms with Gasteiger partial charge in [-0.1, -0.05) is 11.3 Å². The van der Waals surface area contributed by atoms with Gasteiger partial charge in [-0.3, -0.25) is 9.59 Å². The maximum absolute atomic E-state index is 12.7. The SMILES string of the molecule is O=C(CCCC(=O)c1ccc(F)cc1)Nc1nnc(C(F)F)s1. The lowest BCUT2D eigenvalue weighted by Crippen LogP contribution is -2.11. The van der Waals surface area contributed by atoms with E-state index in [4.69, 9.17) is 0 Å². The fourth-order valence-electron chi connectivity index (χ4n) is 1.74. The molecule has 0 unspecified atom stereocenters. The maximum Gasteiger partial charge on any atom is 0.291 e. The number of carbonyl (C=O) groups excluding carboxylic acids is 2. The quantitative estimate of drug-likeness (QED) is 0.780. The van der Waals surface area contributed by atoms with Gasteiger partial charge < -0.3 is 5.32 Å². The molecule has 2 rings (SSSR count). The van der Waals surface area contributed by atoms with Gasteiger partial charge in [-0.15, -0.1) is 10.2 Å². The number of Topliss-reactive ketones (excluding diaryl/α,β-unsaturated/α-hetero) is 1. The van der Waals surface area contributed by atoms with Crippen molar-refractivity contribution >= 4 is 28.2 Å². The smallest absolute Gasteiger partial charge is 0.291 e. The zero-order chi connectivity index (χ0) is 16.8. The van der Waals surface area contributed by atoms with Crippen molar-refractivity contribution in [3.8, 4) is 0 Å². The Labute approximate surface area is 133 Å². The van der Waals surface area contributed by atoms with Gasteiger partial charge in [0.15, 0.2) is 10.8 Å². The van der Waals surface area contributed by atoms with Crippen molar-refractivity contribution in [2.24, 2.45) is 0 Å². The summed E-state index contributed by atoms with van der Waals surface area (Å²) >= 11 is 0.601. The largest absolute Gasteiger partial charge is 0.301 e. The molecule has 0 aliphatic heterocycles. The van der Waals surface area contributed by atoms with Gasteiger partial charge in [0.05, 0.1) is 0 Å². The Morgan fingerprint density at radius 2 is 1.83 bits per heavy atom. The molecule has 1 heterocycles. The number of hydrogen-bond acceptors (Lipinski definition) is 5. The Balaban J connectivity index is 1.75. The number of rotatable bonds is 7. The van der Waals surface area contributed by atoms with Crippen molar-refractivity contribution in [3.63, 3.8) is 0 Å². The summed E-state index contributed by atoms with van der Waals surface area (Å²) < 4.78 is 37.4. The number of alkyl halides is 2. The number of benzene rings is 1.